The van der Waals surface area contributed by atoms with Crippen molar-refractivity contribution in [3.8, 4) is 0 Å². The number of carbonyl (C=O) groups is 1. The van der Waals surface area contributed by atoms with Crippen molar-refractivity contribution in [1.82, 2.24) is 5.32 Å². The quantitative estimate of drug-likeness (QED) is 0.844. The lowest BCUT2D eigenvalue weighted by Crippen LogP contribution is -2.44. The second-order valence-electron chi connectivity index (χ2n) is 4.42. The summed E-state index contributed by atoms with van der Waals surface area (Å²) in [6.45, 7) is 4.52. The van der Waals surface area contributed by atoms with Crippen LogP contribution in [0.4, 0.5) is 0 Å². The van der Waals surface area contributed by atoms with Crippen LogP contribution in [0.3, 0.4) is 0 Å². The highest BCUT2D eigenvalue weighted by atomic mass is 35.5. The topological polar surface area (TPSA) is 55.1 Å². The van der Waals surface area contributed by atoms with Crippen molar-refractivity contribution < 1.29 is 4.79 Å². The van der Waals surface area contributed by atoms with Crippen molar-refractivity contribution in [2.75, 3.05) is 6.54 Å². The van der Waals surface area contributed by atoms with Crippen molar-refractivity contribution in [1.29, 1.82) is 0 Å². The molecule has 1 atom stereocenters. The first-order valence-corrected chi connectivity index (χ1v) is 6.15. The second kappa shape index (κ2) is 6.62. The van der Waals surface area contributed by atoms with Gasteiger partial charge in [0.15, 0.2) is 0 Å². The third-order valence-corrected chi connectivity index (χ3v) is 3.08. The van der Waals surface area contributed by atoms with Crippen LogP contribution in [-0.4, -0.2) is 18.5 Å². The smallest absolute Gasteiger partial charge is 0.224 e. The van der Waals surface area contributed by atoms with Crippen LogP contribution in [-0.2, 0) is 11.2 Å². The van der Waals surface area contributed by atoms with Gasteiger partial charge < -0.3 is 11.1 Å². The Morgan fingerprint density at radius 1 is 1.41 bits per heavy atom. The molecule has 0 aliphatic rings. The van der Waals surface area contributed by atoms with Gasteiger partial charge in [-0.15, -0.1) is 0 Å². The molecular formula is C13H19ClN2O. The molecule has 0 saturated carbocycles. The van der Waals surface area contributed by atoms with E-state index in [4.69, 9.17) is 17.3 Å². The van der Waals surface area contributed by atoms with Gasteiger partial charge in [0.05, 0.1) is 6.42 Å². The lowest BCUT2D eigenvalue weighted by Gasteiger charge is -2.20. The number of amides is 1. The second-order valence-corrected chi connectivity index (χ2v) is 4.83. The maximum atomic E-state index is 11.8. The number of halogens is 1. The maximum Gasteiger partial charge on any atom is 0.224 e. The number of hydrogen-bond acceptors (Lipinski definition) is 2. The first kappa shape index (κ1) is 14.0. The molecule has 0 fully saturated rings. The Bertz CT molecular complexity index is 379. The summed E-state index contributed by atoms with van der Waals surface area (Å²) in [6, 6.07) is 7.38. The third-order valence-electron chi connectivity index (χ3n) is 2.71. The van der Waals surface area contributed by atoms with Crippen molar-refractivity contribution >= 4 is 17.5 Å². The Morgan fingerprint density at radius 3 is 2.59 bits per heavy atom. The van der Waals surface area contributed by atoms with Gasteiger partial charge in [0.2, 0.25) is 5.91 Å². The zero-order chi connectivity index (χ0) is 12.8. The van der Waals surface area contributed by atoms with Crippen molar-refractivity contribution in [3.63, 3.8) is 0 Å². The molecule has 0 heterocycles. The van der Waals surface area contributed by atoms with Gasteiger partial charge in [-0.1, -0.05) is 43.6 Å². The molecule has 1 unspecified atom stereocenters. The summed E-state index contributed by atoms with van der Waals surface area (Å²) >= 11 is 6.00. The maximum absolute atomic E-state index is 11.8. The Morgan fingerprint density at radius 2 is 2.06 bits per heavy atom. The van der Waals surface area contributed by atoms with E-state index in [0.717, 1.165) is 5.56 Å². The van der Waals surface area contributed by atoms with E-state index in [9.17, 15) is 4.79 Å². The largest absolute Gasteiger partial charge is 0.352 e. The molecule has 3 N–H and O–H groups in total. The van der Waals surface area contributed by atoms with Crippen molar-refractivity contribution in [3.05, 3.63) is 34.9 Å². The van der Waals surface area contributed by atoms with Crippen molar-refractivity contribution in [2.45, 2.75) is 26.3 Å². The minimum atomic E-state index is -0.0396. The van der Waals surface area contributed by atoms with E-state index in [1.807, 2.05) is 32.0 Å². The Kier molecular flexibility index (Phi) is 5.45. The predicted octanol–water partition coefficient (Wildman–Crippen LogP) is 1.98. The van der Waals surface area contributed by atoms with E-state index >= 15 is 0 Å². The lowest BCUT2D eigenvalue weighted by atomic mass is 10.0. The normalized spacial score (nSPS) is 12.5. The number of nitrogens with two attached hydrogens (primary N) is 1. The predicted molar refractivity (Wildman–Crippen MR) is 71.0 cm³/mol. The summed E-state index contributed by atoms with van der Waals surface area (Å²) < 4.78 is 0. The van der Waals surface area contributed by atoms with E-state index in [1.165, 1.54) is 0 Å². The standard InChI is InChI=1S/C13H19ClN2O/c1-9(2)12(8-15)16-13(17)7-10-5-3-4-6-11(10)14/h3-6,9,12H,7-8,15H2,1-2H3,(H,16,17). The number of hydrogen-bond donors (Lipinski definition) is 2. The molecule has 1 amide bonds. The Labute approximate surface area is 107 Å². The van der Waals surface area contributed by atoms with Gasteiger partial charge >= 0.3 is 0 Å². The molecule has 4 heteroatoms. The molecule has 0 aromatic heterocycles. The SMILES string of the molecule is CC(C)C(CN)NC(=O)Cc1ccccc1Cl. The third kappa shape index (κ3) is 4.36. The zero-order valence-corrected chi connectivity index (χ0v) is 11.0. The van der Waals surface area contributed by atoms with Crippen LogP contribution in [0.1, 0.15) is 19.4 Å². The summed E-state index contributed by atoms with van der Waals surface area (Å²) in [4.78, 5) is 11.8. The molecule has 3 nitrogen and oxygen atoms in total. The highest BCUT2D eigenvalue weighted by molar-refractivity contribution is 6.31. The highest BCUT2D eigenvalue weighted by Crippen LogP contribution is 2.15. The first-order valence-electron chi connectivity index (χ1n) is 5.77. The summed E-state index contributed by atoms with van der Waals surface area (Å²) in [7, 11) is 0. The minimum Gasteiger partial charge on any atom is -0.352 e. The van der Waals surface area contributed by atoms with Gasteiger partial charge in [-0.25, -0.2) is 0 Å². The monoisotopic (exact) mass is 254 g/mol. The highest BCUT2D eigenvalue weighted by Gasteiger charge is 2.15. The summed E-state index contributed by atoms with van der Waals surface area (Å²) in [5.74, 6) is 0.289. The van der Waals surface area contributed by atoms with Gasteiger partial charge in [-0.3, -0.25) is 4.79 Å². The molecule has 1 rings (SSSR count). The van der Waals surface area contributed by atoms with Gasteiger partial charge in [0, 0.05) is 17.6 Å². The van der Waals surface area contributed by atoms with Gasteiger partial charge in [-0.2, -0.15) is 0 Å². The molecule has 0 bridgehead atoms. The molecule has 94 valence electrons. The number of benzene rings is 1. The molecular weight excluding hydrogens is 236 g/mol. The van der Waals surface area contributed by atoms with Crippen LogP contribution in [0.2, 0.25) is 5.02 Å². The average molecular weight is 255 g/mol. The van der Waals surface area contributed by atoms with Crippen LogP contribution in [0.25, 0.3) is 0 Å². The number of carbonyl (C=O) groups excluding carboxylic acids is 1. The molecule has 17 heavy (non-hydrogen) atoms. The Balaban J connectivity index is 2.58. The molecule has 0 spiro atoms. The fourth-order valence-electron chi connectivity index (χ4n) is 1.57. The summed E-state index contributed by atoms with van der Waals surface area (Å²) in [6.07, 6.45) is 0.295. The lowest BCUT2D eigenvalue weighted by molar-refractivity contribution is -0.121. The molecule has 0 radical (unpaired) electrons. The molecule has 0 aliphatic carbocycles. The fourth-order valence-corrected chi connectivity index (χ4v) is 1.77. The van der Waals surface area contributed by atoms with Crippen molar-refractivity contribution in [2.24, 2.45) is 11.7 Å². The van der Waals surface area contributed by atoms with E-state index in [-0.39, 0.29) is 11.9 Å². The summed E-state index contributed by atoms with van der Waals surface area (Å²) in [5.41, 5.74) is 6.44. The zero-order valence-electron chi connectivity index (χ0n) is 10.2. The molecule has 1 aromatic rings. The van der Waals surface area contributed by atoms with E-state index < -0.39 is 0 Å². The van der Waals surface area contributed by atoms with Crippen LogP contribution in [0.5, 0.6) is 0 Å². The molecule has 0 saturated heterocycles. The van der Waals surface area contributed by atoms with E-state index in [2.05, 4.69) is 5.32 Å². The summed E-state index contributed by atoms with van der Waals surface area (Å²) in [5, 5.41) is 3.54. The van der Waals surface area contributed by atoms with Crippen LogP contribution >= 0.6 is 11.6 Å². The first-order chi connectivity index (χ1) is 8.04. The number of nitrogens with one attached hydrogen (secondary N) is 1. The van der Waals surface area contributed by atoms with Crippen LogP contribution in [0.15, 0.2) is 24.3 Å². The van der Waals surface area contributed by atoms with Gasteiger partial charge in [0.1, 0.15) is 0 Å². The molecule has 1 aromatic carbocycles. The van der Waals surface area contributed by atoms with Crippen LogP contribution in [0, 0.1) is 5.92 Å². The van der Waals surface area contributed by atoms with Gasteiger partial charge in [-0.05, 0) is 17.5 Å². The average Bonchev–Trinajstić information content (AvgIpc) is 2.28. The van der Waals surface area contributed by atoms with Crippen LogP contribution < -0.4 is 11.1 Å². The van der Waals surface area contributed by atoms with E-state index in [1.54, 1.807) is 6.07 Å². The molecule has 0 aliphatic heterocycles. The fraction of sp³-hybridized carbons (Fsp3) is 0.462. The van der Waals surface area contributed by atoms with E-state index in [0.29, 0.717) is 23.9 Å². The Hall–Kier alpha value is -1.06. The number of rotatable bonds is 5. The van der Waals surface area contributed by atoms with Gasteiger partial charge in [0.25, 0.3) is 0 Å². The minimum absolute atomic E-state index is 0.0185.